The number of fused-ring (bicyclic) bond motifs is 1. The van der Waals surface area contributed by atoms with Crippen molar-refractivity contribution in [2.45, 2.75) is 13.0 Å². The maximum atomic E-state index is 10.4. The highest BCUT2D eigenvalue weighted by atomic mass is 16.5. The zero-order chi connectivity index (χ0) is 18.8. The number of hydrogen-bond donors (Lipinski definition) is 1. The summed E-state index contributed by atoms with van der Waals surface area (Å²) >= 11 is 0. The van der Waals surface area contributed by atoms with E-state index in [2.05, 4.69) is 31.9 Å². The van der Waals surface area contributed by atoms with E-state index in [0.717, 1.165) is 48.5 Å². The number of nitrogens with zero attached hydrogens (tertiary/aromatic N) is 4. The van der Waals surface area contributed by atoms with Gasteiger partial charge in [0.05, 0.1) is 18.0 Å². The monoisotopic (exact) mass is 368 g/mol. The Kier molecular flexibility index (Phi) is 4.96. The number of aryl methyl sites for hydroxylation is 1. The van der Waals surface area contributed by atoms with Gasteiger partial charge in [0.25, 0.3) is 0 Å². The van der Waals surface area contributed by atoms with Crippen LogP contribution in [0.3, 0.4) is 0 Å². The summed E-state index contributed by atoms with van der Waals surface area (Å²) in [4.78, 5) is 13.1. The minimum absolute atomic E-state index is 0.584. The average molecular weight is 368 g/mol. The van der Waals surface area contributed by atoms with E-state index >= 15 is 0 Å². The van der Waals surface area contributed by atoms with E-state index in [4.69, 9.17) is 9.15 Å². The van der Waals surface area contributed by atoms with Crippen LogP contribution in [0.15, 0.2) is 41.1 Å². The maximum absolute atomic E-state index is 10.4. The summed E-state index contributed by atoms with van der Waals surface area (Å²) < 4.78 is 10.9. The molecule has 0 spiro atoms. The first kappa shape index (κ1) is 17.8. The van der Waals surface area contributed by atoms with E-state index < -0.39 is 6.10 Å². The number of rotatable bonds is 5. The Morgan fingerprint density at radius 1 is 1.15 bits per heavy atom. The molecule has 0 radical (unpaired) electrons. The highest BCUT2D eigenvalue weighted by Crippen LogP contribution is 2.27. The molecular weight excluding hydrogens is 344 g/mol. The standard InChI is InChI=1S/C20H24N4O3/c1-14-3-6-19(27-14)18(25)12-23-7-9-24(10-8-23)15-4-5-17-16(11-15)20(26-2)22-13-21-17/h3-6,11,13,18,25H,7-10,12H2,1-2H3. The fourth-order valence-corrected chi connectivity index (χ4v) is 3.54. The Balaban J connectivity index is 1.41. The lowest BCUT2D eigenvalue weighted by Crippen LogP contribution is -2.47. The molecule has 1 aliphatic heterocycles. The molecule has 1 unspecified atom stereocenters. The molecule has 1 atom stereocenters. The lowest BCUT2D eigenvalue weighted by Gasteiger charge is -2.36. The van der Waals surface area contributed by atoms with Crippen LogP contribution in [0.4, 0.5) is 5.69 Å². The molecule has 3 aromatic rings. The lowest BCUT2D eigenvalue weighted by atomic mass is 10.1. The van der Waals surface area contributed by atoms with Gasteiger partial charge in [-0.3, -0.25) is 4.90 Å². The fraction of sp³-hybridized carbons (Fsp3) is 0.400. The van der Waals surface area contributed by atoms with Gasteiger partial charge >= 0.3 is 0 Å². The van der Waals surface area contributed by atoms with Crippen molar-refractivity contribution in [2.24, 2.45) is 0 Å². The summed E-state index contributed by atoms with van der Waals surface area (Å²) in [6, 6.07) is 9.91. The molecule has 0 bridgehead atoms. The van der Waals surface area contributed by atoms with Gasteiger partial charge in [0.2, 0.25) is 5.88 Å². The number of aromatic nitrogens is 2. The Morgan fingerprint density at radius 2 is 1.96 bits per heavy atom. The Labute approximate surface area is 158 Å². The third kappa shape index (κ3) is 3.74. The second-order valence-corrected chi connectivity index (χ2v) is 6.84. The van der Waals surface area contributed by atoms with Crippen molar-refractivity contribution in [2.75, 3.05) is 44.7 Å². The Bertz CT molecular complexity index is 918. The summed E-state index contributed by atoms with van der Waals surface area (Å²) in [6.07, 6.45) is 0.929. The van der Waals surface area contributed by atoms with Crippen molar-refractivity contribution in [3.05, 3.63) is 48.2 Å². The predicted molar refractivity (Wildman–Crippen MR) is 103 cm³/mol. The van der Waals surface area contributed by atoms with E-state index in [1.165, 1.54) is 6.33 Å². The molecule has 0 amide bonds. The second-order valence-electron chi connectivity index (χ2n) is 6.84. The van der Waals surface area contributed by atoms with Crippen LogP contribution >= 0.6 is 0 Å². The van der Waals surface area contributed by atoms with Crippen LogP contribution in [-0.2, 0) is 0 Å². The molecule has 1 saturated heterocycles. The molecule has 1 fully saturated rings. The highest BCUT2D eigenvalue weighted by molar-refractivity contribution is 5.86. The van der Waals surface area contributed by atoms with Gasteiger partial charge in [0, 0.05) is 38.4 Å². The largest absolute Gasteiger partial charge is 0.480 e. The molecule has 2 aromatic heterocycles. The number of ether oxygens (including phenoxy) is 1. The molecule has 27 heavy (non-hydrogen) atoms. The smallest absolute Gasteiger partial charge is 0.224 e. The first-order valence-corrected chi connectivity index (χ1v) is 9.14. The molecule has 4 rings (SSSR count). The Hall–Kier alpha value is -2.64. The van der Waals surface area contributed by atoms with Crippen LogP contribution in [0.5, 0.6) is 5.88 Å². The molecule has 3 heterocycles. The molecule has 7 nitrogen and oxygen atoms in total. The summed E-state index contributed by atoms with van der Waals surface area (Å²) in [5.41, 5.74) is 2.01. The first-order chi connectivity index (χ1) is 13.1. The first-order valence-electron chi connectivity index (χ1n) is 9.14. The van der Waals surface area contributed by atoms with Crippen molar-refractivity contribution in [1.82, 2.24) is 14.9 Å². The number of aliphatic hydroxyl groups excluding tert-OH is 1. The van der Waals surface area contributed by atoms with Gasteiger partial charge in [-0.05, 0) is 37.3 Å². The summed E-state index contributed by atoms with van der Waals surface area (Å²) in [6.45, 7) is 6.03. The van der Waals surface area contributed by atoms with E-state index in [9.17, 15) is 5.11 Å². The van der Waals surface area contributed by atoms with Gasteiger partial charge in [-0.2, -0.15) is 0 Å². The van der Waals surface area contributed by atoms with Gasteiger partial charge in [0.1, 0.15) is 24.0 Å². The van der Waals surface area contributed by atoms with Crippen molar-refractivity contribution >= 4 is 16.6 Å². The van der Waals surface area contributed by atoms with Crippen molar-refractivity contribution in [3.8, 4) is 5.88 Å². The van der Waals surface area contributed by atoms with Crippen LogP contribution in [0, 0.1) is 6.92 Å². The average Bonchev–Trinajstić information content (AvgIpc) is 3.14. The maximum Gasteiger partial charge on any atom is 0.224 e. The summed E-state index contributed by atoms with van der Waals surface area (Å²) in [7, 11) is 1.62. The SMILES string of the molecule is COc1ncnc2ccc(N3CCN(CC(O)c4ccc(C)o4)CC3)cc12. The predicted octanol–water partition coefficient (Wildman–Crippen LogP) is 2.40. The van der Waals surface area contributed by atoms with Gasteiger partial charge in [-0.25, -0.2) is 9.97 Å². The number of aliphatic hydroxyl groups is 1. The minimum atomic E-state index is -0.590. The molecule has 1 aromatic carbocycles. The number of piperazine rings is 1. The quantitative estimate of drug-likeness (QED) is 0.741. The lowest BCUT2D eigenvalue weighted by molar-refractivity contribution is 0.0908. The van der Waals surface area contributed by atoms with E-state index in [-0.39, 0.29) is 0 Å². The van der Waals surface area contributed by atoms with Crippen LogP contribution < -0.4 is 9.64 Å². The third-order valence-electron chi connectivity index (χ3n) is 5.03. The van der Waals surface area contributed by atoms with E-state index in [0.29, 0.717) is 18.2 Å². The molecule has 142 valence electrons. The van der Waals surface area contributed by atoms with Crippen LogP contribution in [-0.4, -0.2) is 59.8 Å². The molecule has 1 N–H and O–H groups in total. The third-order valence-corrected chi connectivity index (χ3v) is 5.03. The van der Waals surface area contributed by atoms with Crippen LogP contribution in [0.25, 0.3) is 10.9 Å². The second kappa shape index (κ2) is 7.54. The van der Waals surface area contributed by atoms with Crippen molar-refractivity contribution < 1.29 is 14.3 Å². The number of anilines is 1. The van der Waals surface area contributed by atoms with E-state index in [1.807, 2.05) is 25.1 Å². The van der Waals surface area contributed by atoms with E-state index in [1.54, 1.807) is 7.11 Å². The summed E-state index contributed by atoms with van der Waals surface area (Å²) in [5.74, 6) is 2.05. The zero-order valence-electron chi connectivity index (χ0n) is 15.6. The van der Waals surface area contributed by atoms with Crippen molar-refractivity contribution in [1.29, 1.82) is 0 Å². The van der Waals surface area contributed by atoms with Crippen molar-refractivity contribution in [3.63, 3.8) is 0 Å². The Morgan fingerprint density at radius 3 is 2.67 bits per heavy atom. The number of hydrogen-bond acceptors (Lipinski definition) is 7. The number of methoxy groups -OCH3 is 1. The minimum Gasteiger partial charge on any atom is -0.480 e. The number of benzene rings is 1. The number of furan rings is 1. The normalized spacial score (nSPS) is 16.6. The van der Waals surface area contributed by atoms with Gasteiger partial charge in [0.15, 0.2) is 0 Å². The van der Waals surface area contributed by atoms with Crippen LogP contribution in [0.1, 0.15) is 17.6 Å². The molecular formula is C20H24N4O3. The van der Waals surface area contributed by atoms with Gasteiger partial charge in [-0.1, -0.05) is 0 Å². The molecule has 0 aliphatic carbocycles. The fourth-order valence-electron chi connectivity index (χ4n) is 3.54. The van der Waals surface area contributed by atoms with Gasteiger partial charge in [-0.15, -0.1) is 0 Å². The highest BCUT2D eigenvalue weighted by Gasteiger charge is 2.22. The molecule has 0 saturated carbocycles. The molecule has 1 aliphatic rings. The van der Waals surface area contributed by atoms with Gasteiger partial charge < -0.3 is 19.2 Å². The van der Waals surface area contributed by atoms with Crippen LogP contribution in [0.2, 0.25) is 0 Å². The summed E-state index contributed by atoms with van der Waals surface area (Å²) in [5, 5.41) is 11.3. The topological polar surface area (TPSA) is 74.9 Å². The molecule has 7 heteroatoms. The zero-order valence-corrected chi connectivity index (χ0v) is 15.6. The number of β-amino-alcohol motifs (C(OH)–C–C–N with tert-alkyl or cyclic N) is 1.